The molecule has 1 amide bonds. The Hall–Kier alpha value is -3.19. The number of hydrazone groups is 1. The van der Waals surface area contributed by atoms with E-state index in [4.69, 9.17) is 34.8 Å². The van der Waals surface area contributed by atoms with Crippen molar-refractivity contribution in [3.63, 3.8) is 0 Å². The molecule has 0 fully saturated rings. The summed E-state index contributed by atoms with van der Waals surface area (Å²) in [6.45, 7) is 1.86. The first-order valence-corrected chi connectivity index (χ1v) is 10.5. The molecule has 0 bridgehead atoms. The van der Waals surface area contributed by atoms with Gasteiger partial charge in [-0.1, -0.05) is 65.1 Å². The summed E-state index contributed by atoms with van der Waals surface area (Å²) in [6, 6.07) is 19.2. The minimum absolute atomic E-state index is 0.0297. The van der Waals surface area contributed by atoms with Crippen molar-refractivity contribution < 1.29 is 4.79 Å². The Morgan fingerprint density at radius 2 is 1.44 bits per heavy atom. The van der Waals surface area contributed by atoms with E-state index in [2.05, 4.69) is 26.0 Å². The van der Waals surface area contributed by atoms with Gasteiger partial charge in [-0.05, 0) is 60.0 Å². The van der Waals surface area contributed by atoms with Gasteiger partial charge in [0.2, 0.25) is 5.96 Å². The van der Waals surface area contributed by atoms with E-state index in [0.717, 1.165) is 16.7 Å². The number of aryl methyl sites for hydroxylation is 1. The van der Waals surface area contributed by atoms with Gasteiger partial charge in [0.25, 0.3) is 5.91 Å². The van der Waals surface area contributed by atoms with Gasteiger partial charge in [0.15, 0.2) is 0 Å². The van der Waals surface area contributed by atoms with Crippen LogP contribution in [0.15, 0.2) is 82.0 Å². The quantitative estimate of drug-likeness (QED) is 0.276. The lowest BCUT2D eigenvalue weighted by Gasteiger charge is -2.08. The lowest BCUT2D eigenvalue weighted by molar-refractivity contribution is 0.0975. The number of carbonyl (C=O) groups excluding carboxylic acids is 1. The number of rotatable bonds is 5. The van der Waals surface area contributed by atoms with Crippen LogP contribution in [0.3, 0.4) is 0 Å². The van der Waals surface area contributed by atoms with Crippen molar-refractivity contribution in [2.24, 2.45) is 15.3 Å². The van der Waals surface area contributed by atoms with Crippen LogP contribution in [0.2, 0.25) is 15.1 Å². The first-order chi connectivity index (χ1) is 15.4. The summed E-state index contributed by atoms with van der Waals surface area (Å²) in [7, 11) is 0. The molecule has 0 unspecified atom stereocenters. The highest BCUT2D eigenvalue weighted by molar-refractivity contribution is 6.32. The van der Waals surface area contributed by atoms with E-state index in [1.54, 1.807) is 72.9 Å². The number of carbonyl (C=O) groups is 1. The summed E-state index contributed by atoms with van der Waals surface area (Å²) >= 11 is 17.9. The Labute approximate surface area is 200 Å². The average molecular weight is 487 g/mol. The molecule has 162 valence electrons. The molecule has 0 saturated carbocycles. The van der Waals surface area contributed by atoms with Gasteiger partial charge in [-0.2, -0.15) is 10.2 Å². The third-order valence-corrected chi connectivity index (χ3v) is 5.07. The van der Waals surface area contributed by atoms with Crippen LogP contribution in [-0.4, -0.2) is 24.3 Å². The zero-order chi connectivity index (χ0) is 22.9. The molecule has 0 atom stereocenters. The number of nitrogens with one attached hydrogen (secondary N) is 2. The fourth-order valence-electron chi connectivity index (χ4n) is 2.41. The average Bonchev–Trinajstić information content (AvgIpc) is 2.78. The van der Waals surface area contributed by atoms with Gasteiger partial charge in [-0.3, -0.25) is 10.1 Å². The highest BCUT2D eigenvalue weighted by atomic mass is 35.5. The predicted octanol–water partition coefficient (Wildman–Crippen LogP) is 5.70. The maximum absolute atomic E-state index is 12.6. The number of guanidine groups is 1. The van der Waals surface area contributed by atoms with E-state index >= 15 is 0 Å². The third-order valence-electron chi connectivity index (χ3n) is 4.15. The van der Waals surface area contributed by atoms with Crippen molar-refractivity contribution in [2.75, 3.05) is 0 Å². The number of benzene rings is 3. The molecule has 3 aromatic carbocycles. The second kappa shape index (κ2) is 11.4. The number of hydrogen-bond acceptors (Lipinski definition) is 4. The highest BCUT2D eigenvalue weighted by Gasteiger charge is 2.10. The number of halogens is 3. The van der Waals surface area contributed by atoms with Crippen molar-refractivity contribution in [1.29, 1.82) is 0 Å². The van der Waals surface area contributed by atoms with Crippen LogP contribution in [0.25, 0.3) is 0 Å². The van der Waals surface area contributed by atoms with E-state index in [0.29, 0.717) is 20.6 Å². The van der Waals surface area contributed by atoms with Crippen LogP contribution in [-0.2, 0) is 0 Å². The zero-order valence-electron chi connectivity index (χ0n) is 16.9. The monoisotopic (exact) mass is 485 g/mol. The summed E-state index contributed by atoms with van der Waals surface area (Å²) in [5, 5.41) is 16.5. The molecule has 6 nitrogen and oxygen atoms in total. The summed E-state index contributed by atoms with van der Waals surface area (Å²) in [5.74, 6) is -0.385. The molecule has 0 radical (unpaired) electrons. The maximum atomic E-state index is 12.6. The van der Waals surface area contributed by atoms with Crippen molar-refractivity contribution in [3.05, 3.63) is 104 Å². The van der Waals surface area contributed by atoms with Gasteiger partial charge in [0.05, 0.1) is 12.4 Å². The zero-order valence-corrected chi connectivity index (χ0v) is 19.2. The number of amides is 1. The van der Waals surface area contributed by atoms with E-state index in [1.165, 1.54) is 6.21 Å². The molecule has 0 aliphatic heterocycles. The topological polar surface area (TPSA) is 78.2 Å². The largest absolute Gasteiger partial charge is 0.290 e. The first-order valence-electron chi connectivity index (χ1n) is 9.39. The van der Waals surface area contributed by atoms with E-state index in [-0.39, 0.29) is 5.96 Å². The summed E-state index contributed by atoms with van der Waals surface area (Å²) in [5.41, 5.74) is 5.53. The molecule has 0 aliphatic carbocycles. The van der Waals surface area contributed by atoms with Crippen molar-refractivity contribution in [1.82, 2.24) is 10.7 Å². The van der Waals surface area contributed by atoms with Crippen molar-refractivity contribution in [2.45, 2.75) is 6.92 Å². The van der Waals surface area contributed by atoms with E-state index < -0.39 is 5.91 Å². The third kappa shape index (κ3) is 7.20. The maximum Gasteiger partial charge on any atom is 0.258 e. The molecule has 2 N–H and O–H groups in total. The van der Waals surface area contributed by atoms with E-state index in [9.17, 15) is 4.79 Å². The molecule has 3 rings (SSSR count). The minimum Gasteiger partial charge on any atom is -0.290 e. The SMILES string of the molecule is Cc1ccc(C(=O)N/C(=N/N=C/c2ccc(Cl)cc2)N/N=C/c2ccc(Cl)cc2)cc1Cl. The van der Waals surface area contributed by atoms with E-state index in [1.807, 2.05) is 6.92 Å². The molecule has 32 heavy (non-hydrogen) atoms. The van der Waals surface area contributed by atoms with Crippen LogP contribution in [0.1, 0.15) is 27.0 Å². The summed E-state index contributed by atoms with van der Waals surface area (Å²) in [4.78, 5) is 12.6. The van der Waals surface area contributed by atoms with Crippen molar-refractivity contribution >= 4 is 59.1 Å². The predicted molar refractivity (Wildman–Crippen MR) is 132 cm³/mol. The second-order valence-corrected chi connectivity index (χ2v) is 7.86. The molecule has 0 aromatic heterocycles. The van der Waals surface area contributed by atoms with Crippen molar-refractivity contribution in [3.8, 4) is 0 Å². The summed E-state index contributed by atoms with van der Waals surface area (Å²) in [6.07, 6.45) is 3.08. The number of nitrogens with zero attached hydrogens (tertiary/aromatic N) is 3. The van der Waals surface area contributed by atoms with Gasteiger partial charge in [0, 0.05) is 20.6 Å². The van der Waals surface area contributed by atoms with Crippen LogP contribution in [0.5, 0.6) is 0 Å². The summed E-state index contributed by atoms with van der Waals surface area (Å²) < 4.78 is 0. The number of hydrogen-bond donors (Lipinski definition) is 2. The van der Waals surface area contributed by atoms with Gasteiger partial charge < -0.3 is 0 Å². The molecular formula is C23H18Cl3N5O. The molecule has 9 heteroatoms. The minimum atomic E-state index is -0.415. The molecule has 0 spiro atoms. The van der Waals surface area contributed by atoms with Crippen LogP contribution in [0, 0.1) is 6.92 Å². The molecule has 0 aliphatic rings. The Morgan fingerprint density at radius 1 is 0.844 bits per heavy atom. The molecule has 0 heterocycles. The Balaban J connectivity index is 1.76. The lowest BCUT2D eigenvalue weighted by Crippen LogP contribution is -2.38. The Morgan fingerprint density at radius 3 is 2.03 bits per heavy atom. The van der Waals surface area contributed by atoms with Crippen LogP contribution in [0.4, 0.5) is 0 Å². The van der Waals surface area contributed by atoms with Gasteiger partial charge in [-0.25, -0.2) is 5.43 Å². The molecular weight excluding hydrogens is 469 g/mol. The normalized spacial score (nSPS) is 11.8. The van der Waals surface area contributed by atoms with Gasteiger partial charge >= 0.3 is 0 Å². The fraction of sp³-hybridized carbons (Fsp3) is 0.0435. The Kier molecular flexibility index (Phi) is 8.39. The molecule has 3 aromatic rings. The first kappa shape index (κ1) is 23.5. The molecule has 0 saturated heterocycles. The Bertz CT molecular complexity index is 1170. The fourth-order valence-corrected chi connectivity index (χ4v) is 2.84. The van der Waals surface area contributed by atoms with Crippen LogP contribution >= 0.6 is 34.8 Å². The van der Waals surface area contributed by atoms with Gasteiger partial charge in [0.1, 0.15) is 0 Å². The standard InChI is InChI=1S/C23H18Cl3N5O/c1-15-2-7-18(12-21(15)26)22(32)29-23(30-27-13-16-3-8-19(24)9-4-16)31-28-14-17-5-10-20(25)11-6-17/h2-14H,1H3,(H2,29,30,31,32)/b27-13+,28-14+. The lowest BCUT2D eigenvalue weighted by atomic mass is 10.1. The second-order valence-electron chi connectivity index (χ2n) is 6.58. The smallest absolute Gasteiger partial charge is 0.258 e. The van der Waals surface area contributed by atoms with Gasteiger partial charge in [-0.15, -0.1) is 5.10 Å². The van der Waals surface area contributed by atoms with Crippen LogP contribution < -0.4 is 10.7 Å². The highest BCUT2D eigenvalue weighted by Crippen LogP contribution is 2.16.